The number of aromatic amines is 1. The first kappa shape index (κ1) is 11.2. The van der Waals surface area contributed by atoms with Gasteiger partial charge in [0.2, 0.25) is 0 Å². The number of carboxylic acid groups (broad SMARTS) is 1. The summed E-state index contributed by atoms with van der Waals surface area (Å²) < 4.78 is 0.746. The van der Waals surface area contributed by atoms with Crippen LogP contribution in [-0.4, -0.2) is 31.6 Å². The molecule has 0 aromatic carbocycles. The summed E-state index contributed by atoms with van der Waals surface area (Å²) in [6.07, 6.45) is 0. The molecule has 0 bridgehead atoms. The molecule has 0 amide bonds. The van der Waals surface area contributed by atoms with E-state index in [9.17, 15) is 19.5 Å². The number of aliphatic carboxylic acids is 1. The van der Waals surface area contributed by atoms with Gasteiger partial charge in [-0.25, -0.2) is 9.48 Å². The average molecular weight is 214 g/mol. The standard InChI is InChI=1S/C8H10N2O5/c1-8(15,7(13)14)4-10-6(12)3-2-5(11)9-10/h2-3,15H,4H2,1H3,(H,9,11)(H,13,14). The predicted octanol–water partition coefficient (Wildman–Crippen LogP) is -1.63. The molecule has 0 aliphatic heterocycles. The van der Waals surface area contributed by atoms with Gasteiger partial charge in [0.05, 0.1) is 6.54 Å². The van der Waals surface area contributed by atoms with E-state index in [0.717, 1.165) is 23.7 Å². The molecule has 1 atom stereocenters. The number of nitrogens with one attached hydrogen (secondary N) is 1. The van der Waals surface area contributed by atoms with Crippen molar-refractivity contribution in [3.63, 3.8) is 0 Å². The Morgan fingerprint density at radius 1 is 1.53 bits per heavy atom. The van der Waals surface area contributed by atoms with Gasteiger partial charge in [0.1, 0.15) is 0 Å². The van der Waals surface area contributed by atoms with Gasteiger partial charge in [-0.15, -0.1) is 0 Å². The zero-order valence-corrected chi connectivity index (χ0v) is 7.93. The van der Waals surface area contributed by atoms with Crippen LogP contribution in [-0.2, 0) is 11.3 Å². The lowest BCUT2D eigenvalue weighted by atomic mass is 10.1. The molecule has 1 aromatic rings. The molecule has 0 fully saturated rings. The Kier molecular flexibility index (Phi) is 2.76. The number of nitrogens with zero attached hydrogens (tertiary/aromatic N) is 1. The van der Waals surface area contributed by atoms with Crippen LogP contribution in [0.1, 0.15) is 6.92 Å². The Bertz CT molecular complexity index is 484. The maximum Gasteiger partial charge on any atom is 0.337 e. The molecule has 0 saturated carbocycles. The molecule has 3 N–H and O–H groups in total. The minimum Gasteiger partial charge on any atom is -0.479 e. The molecule has 1 rings (SSSR count). The van der Waals surface area contributed by atoms with E-state index >= 15 is 0 Å². The van der Waals surface area contributed by atoms with Crippen molar-refractivity contribution in [3.8, 4) is 0 Å². The summed E-state index contributed by atoms with van der Waals surface area (Å²) >= 11 is 0. The van der Waals surface area contributed by atoms with E-state index in [2.05, 4.69) is 5.10 Å². The Hall–Kier alpha value is -1.89. The first-order chi connectivity index (χ1) is 6.83. The molecule has 0 aliphatic carbocycles. The van der Waals surface area contributed by atoms with Crippen molar-refractivity contribution >= 4 is 5.97 Å². The van der Waals surface area contributed by atoms with Crippen LogP contribution in [0, 0.1) is 0 Å². The number of rotatable bonds is 3. The Labute approximate surface area is 83.6 Å². The molecule has 15 heavy (non-hydrogen) atoms. The predicted molar refractivity (Wildman–Crippen MR) is 49.6 cm³/mol. The SMILES string of the molecule is CC(O)(Cn1[nH]c(=O)ccc1=O)C(=O)O. The van der Waals surface area contributed by atoms with Crippen LogP contribution in [0.15, 0.2) is 21.7 Å². The zero-order valence-electron chi connectivity index (χ0n) is 7.93. The van der Waals surface area contributed by atoms with Crippen LogP contribution in [0.25, 0.3) is 0 Å². The molecule has 7 nitrogen and oxygen atoms in total. The number of H-pyrrole nitrogens is 1. The minimum atomic E-state index is -2.10. The highest BCUT2D eigenvalue weighted by molar-refractivity contribution is 5.76. The van der Waals surface area contributed by atoms with Crippen LogP contribution in [0.3, 0.4) is 0 Å². The number of aliphatic hydroxyl groups is 1. The maximum absolute atomic E-state index is 11.2. The van der Waals surface area contributed by atoms with E-state index in [1.165, 1.54) is 0 Å². The van der Waals surface area contributed by atoms with Crippen LogP contribution in [0.4, 0.5) is 0 Å². The summed E-state index contributed by atoms with van der Waals surface area (Å²) in [6.45, 7) is 0.518. The third-order valence-corrected chi connectivity index (χ3v) is 1.82. The van der Waals surface area contributed by atoms with Crippen LogP contribution in [0.5, 0.6) is 0 Å². The Morgan fingerprint density at radius 2 is 2.13 bits per heavy atom. The van der Waals surface area contributed by atoms with E-state index in [1.807, 2.05) is 0 Å². The molecule has 7 heteroatoms. The normalized spacial score (nSPS) is 14.5. The summed E-state index contributed by atoms with van der Waals surface area (Å²) in [7, 11) is 0. The van der Waals surface area contributed by atoms with Gasteiger partial charge in [0.25, 0.3) is 11.1 Å². The Balaban J connectivity index is 3.10. The Morgan fingerprint density at radius 3 is 2.67 bits per heavy atom. The lowest BCUT2D eigenvalue weighted by molar-refractivity contribution is -0.158. The fraction of sp³-hybridized carbons (Fsp3) is 0.375. The number of carboxylic acids is 1. The quantitative estimate of drug-likeness (QED) is 0.559. The van der Waals surface area contributed by atoms with Gasteiger partial charge < -0.3 is 10.2 Å². The van der Waals surface area contributed by atoms with Crippen molar-refractivity contribution in [2.75, 3.05) is 0 Å². The molecule has 0 aliphatic rings. The smallest absolute Gasteiger partial charge is 0.337 e. The highest BCUT2D eigenvalue weighted by Gasteiger charge is 2.30. The molecular formula is C8H10N2O5. The molecule has 1 unspecified atom stereocenters. The van der Waals surface area contributed by atoms with Crippen molar-refractivity contribution in [2.24, 2.45) is 0 Å². The number of carbonyl (C=O) groups is 1. The second-order valence-electron chi connectivity index (χ2n) is 3.31. The monoisotopic (exact) mass is 214 g/mol. The van der Waals surface area contributed by atoms with E-state index < -0.39 is 29.2 Å². The molecule has 82 valence electrons. The van der Waals surface area contributed by atoms with Crippen LogP contribution in [0.2, 0.25) is 0 Å². The summed E-state index contributed by atoms with van der Waals surface area (Å²) in [5.41, 5.74) is -3.24. The topological polar surface area (TPSA) is 112 Å². The van der Waals surface area contributed by atoms with Crippen LogP contribution >= 0.6 is 0 Å². The van der Waals surface area contributed by atoms with Crippen molar-refractivity contribution < 1.29 is 15.0 Å². The van der Waals surface area contributed by atoms with Crippen molar-refractivity contribution in [3.05, 3.63) is 32.8 Å². The van der Waals surface area contributed by atoms with Gasteiger partial charge in [-0.2, -0.15) is 0 Å². The fourth-order valence-corrected chi connectivity index (χ4v) is 0.955. The molecule has 1 heterocycles. The average Bonchev–Trinajstić information content (AvgIpc) is 2.10. The number of hydrogen-bond donors (Lipinski definition) is 3. The molecule has 1 aromatic heterocycles. The summed E-state index contributed by atoms with van der Waals surface area (Å²) in [6, 6.07) is 2.02. The second-order valence-corrected chi connectivity index (χ2v) is 3.31. The first-order valence-corrected chi connectivity index (χ1v) is 4.09. The highest BCUT2D eigenvalue weighted by Crippen LogP contribution is 2.04. The third-order valence-electron chi connectivity index (χ3n) is 1.82. The lowest BCUT2D eigenvalue weighted by Crippen LogP contribution is -2.44. The van der Waals surface area contributed by atoms with E-state index in [1.54, 1.807) is 0 Å². The highest BCUT2D eigenvalue weighted by atomic mass is 16.4. The second kappa shape index (κ2) is 3.70. The van der Waals surface area contributed by atoms with Gasteiger partial charge in [0.15, 0.2) is 5.60 Å². The van der Waals surface area contributed by atoms with E-state index in [-0.39, 0.29) is 0 Å². The third kappa shape index (κ3) is 2.53. The van der Waals surface area contributed by atoms with E-state index in [4.69, 9.17) is 5.11 Å². The lowest BCUT2D eigenvalue weighted by Gasteiger charge is -2.18. The summed E-state index contributed by atoms with van der Waals surface area (Å²) in [5, 5.41) is 20.1. The van der Waals surface area contributed by atoms with Gasteiger partial charge >= 0.3 is 5.97 Å². The molecule has 0 saturated heterocycles. The molecular weight excluding hydrogens is 204 g/mol. The van der Waals surface area contributed by atoms with Gasteiger partial charge in [-0.3, -0.25) is 14.7 Å². The van der Waals surface area contributed by atoms with E-state index in [0.29, 0.717) is 0 Å². The number of aromatic nitrogens is 2. The summed E-state index contributed by atoms with van der Waals surface area (Å²) in [5.74, 6) is -1.47. The van der Waals surface area contributed by atoms with Crippen LogP contribution < -0.4 is 11.1 Å². The largest absolute Gasteiger partial charge is 0.479 e. The van der Waals surface area contributed by atoms with Gasteiger partial charge in [0, 0.05) is 12.1 Å². The minimum absolute atomic E-state index is 0.517. The van der Waals surface area contributed by atoms with Crippen molar-refractivity contribution in [1.82, 2.24) is 9.78 Å². The first-order valence-electron chi connectivity index (χ1n) is 4.09. The zero-order chi connectivity index (χ0) is 11.6. The van der Waals surface area contributed by atoms with Crippen molar-refractivity contribution in [1.29, 1.82) is 0 Å². The maximum atomic E-state index is 11.2. The van der Waals surface area contributed by atoms with Gasteiger partial charge in [-0.1, -0.05) is 0 Å². The number of hydrogen-bond acceptors (Lipinski definition) is 4. The fourth-order valence-electron chi connectivity index (χ4n) is 0.955. The molecule has 0 spiro atoms. The van der Waals surface area contributed by atoms with Gasteiger partial charge in [-0.05, 0) is 6.92 Å². The summed E-state index contributed by atoms with van der Waals surface area (Å²) in [4.78, 5) is 32.6. The molecule has 0 radical (unpaired) electrons. The van der Waals surface area contributed by atoms with Crippen molar-refractivity contribution in [2.45, 2.75) is 19.1 Å².